The van der Waals surface area contributed by atoms with Crippen LogP contribution in [0, 0.1) is 0 Å². The van der Waals surface area contributed by atoms with Gasteiger partial charge in [-0.15, -0.1) is 10.2 Å². The maximum Gasteiger partial charge on any atom is 0.247 e. The van der Waals surface area contributed by atoms with Crippen molar-refractivity contribution >= 4 is 0 Å². The Kier molecular flexibility index (Phi) is 3.64. The fraction of sp³-hybridized carbons (Fsp3) is 0.312. The van der Waals surface area contributed by atoms with Crippen molar-refractivity contribution in [1.29, 1.82) is 0 Å². The van der Waals surface area contributed by atoms with E-state index in [1.807, 2.05) is 41.2 Å². The molecule has 1 aliphatic rings. The zero-order valence-electron chi connectivity index (χ0n) is 12.6. The fourth-order valence-corrected chi connectivity index (χ4v) is 2.88. The Morgan fingerprint density at radius 1 is 1.13 bits per heavy atom. The highest BCUT2D eigenvalue weighted by Gasteiger charge is 2.25. The molecule has 0 radical (unpaired) electrons. The van der Waals surface area contributed by atoms with E-state index >= 15 is 0 Å². The number of fused-ring (bicyclic) bond motifs is 1. The predicted molar refractivity (Wildman–Crippen MR) is 82.0 cm³/mol. The Morgan fingerprint density at radius 3 is 2.83 bits per heavy atom. The van der Waals surface area contributed by atoms with Gasteiger partial charge in [0.1, 0.15) is 0 Å². The van der Waals surface area contributed by atoms with Crippen LogP contribution in [0.25, 0.3) is 11.5 Å². The topological polar surface area (TPSA) is 80.2 Å². The Bertz CT molecular complexity index is 796. The van der Waals surface area contributed by atoms with E-state index in [2.05, 4.69) is 20.2 Å². The Balaban J connectivity index is 1.45. The largest absolute Gasteiger partial charge is 0.419 e. The van der Waals surface area contributed by atoms with Crippen molar-refractivity contribution in [3.63, 3.8) is 0 Å². The van der Waals surface area contributed by atoms with Crippen LogP contribution in [0.5, 0.6) is 0 Å². The minimum Gasteiger partial charge on any atom is -0.419 e. The first kappa shape index (κ1) is 14.1. The summed E-state index contributed by atoms with van der Waals surface area (Å²) >= 11 is 0. The molecule has 0 saturated heterocycles. The van der Waals surface area contributed by atoms with Crippen LogP contribution in [0.15, 0.2) is 40.9 Å². The van der Waals surface area contributed by atoms with Gasteiger partial charge in [-0.05, 0) is 12.1 Å². The molecule has 4 rings (SSSR count). The van der Waals surface area contributed by atoms with E-state index in [1.54, 1.807) is 0 Å². The van der Waals surface area contributed by atoms with Crippen molar-refractivity contribution in [2.24, 2.45) is 0 Å². The lowest BCUT2D eigenvalue weighted by Gasteiger charge is -2.12. The Morgan fingerprint density at radius 2 is 2.00 bits per heavy atom. The number of benzene rings is 1. The molecule has 0 fully saturated rings. The minimum absolute atomic E-state index is 0.0955. The van der Waals surface area contributed by atoms with Gasteiger partial charge in [0.05, 0.1) is 31.6 Å². The van der Waals surface area contributed by atoms with Gasteiger partial charge in [0.2, 0.25) is 11.8 Å². The van der Waals surface area contributed by atoms with Gasteiger partial charge in [-0.1, -0.05) is 18.2 Å². The van der Waals surface area contributed by atoms with Crippen LogP contribution < -0.4 is 0 Å². The van der Waals surface area contributed by atoms with E-state index in [0.29, 0.717) is 24.9 Å². The van der Waals surface area contributed by atoms with Gasteiger partial charge in [-0.25, -0.2) is 0 Å². The molecule has 0 aliphatic carbocycles. The average molecular weight is 311 g/mol. The maximum absolute atomic E-state index is 9.07. The van der Waals surface area contributed by atoms with Gasteiger partial charge < -0.3 is 9.52 Å². The lowest BCUT2D eigenvalue weighted by molar-refractivity contribution is 0.233. The van der Waals surface area contributed by atoms with Crippen molar-refractivity contribution in [1.82, 2.24) is 24.9 Å². The van der Waals surface area contributed by atoms with Crippen LogP contribution in [-0.4, -0.2) is 36.6 Å². The molecule has 1 N–H and O–H groups in total. The molecule has 7 heteroatoms. The lowest BCUT2D eigenvalue weighted by Crippen LogP contribution is -2.18. The fourth-order valence-electron chi connectivity index (χ4n) is 2.88. The zero-order chi connectivity index (χ0) is 15.6. The summed E-state index contributed by atoms with van der Waals surface area (Å²) in [5.74, 6) is 1.15. The predicted octanol–water partition coefficient (Wildman–Crippen LogP) is 1.44. The highest BCUT2D eigenvalue weighted by molar-refractivity contribution is 5.51. The smallest absolute Gasteiger partial charge is 0.247 e. The van der Waals surface area contributed by atoms with Crippen LogP contribution in [0.2, 0.25) is 0 Å². The second-order valence-corrected chi connectivity index (χ2v) is 5.58. The Hall–Kier alpha value is -2.51. The molecule has 3 aromatic rings. The van der Waals surface area contributed by atoms with Crippen molar-refractivity contribution in [3.8, 4) is 11.5 Å². The molecule has 0 amide bonds. The molecule has 0 unspecified atom stereocenters. The Labute approximate surface area is 133 Å². The van der Waals surface area contributed by atoms with Crippen molar-refractivity contribution in [2.75, 3.05) is 6.61 Å². The van der Waals surface area contributed by atoms with E-state index in [9.17, 15) is 0 Å². The molecule has 2 aromatic heterocycles. The molecule has 3 heterocycles. The number of hydrogen-bond acceptors (Lipinski definition) is 6. The van der Waals surface area contributed by atoms with Gasteiger partial charge in [0, 0.05) is 24.2 Å². The van der Waals surface area contributed by atoms with Crippen LogP contribution in [0.1, 0.15) is 17.1 Å². The van der Waals surface area contributed by atoms with E-state index < -0.39 is 0 Å². The van der Waals surface area contributed by atoms with Crippen LogP contribution in [0.3, 0.4) is 0 Å². The number of aliphatic hydroxyl groups is 1. The number of aliphatic hydroxyl groups excluding tert-OH is 1. The second-order valence-electron chi connectivity index (χ2n) is 5.58. The summed E-state index contributed by atoms with van der Waals surface area (Å²) in [5, 5.41) is 21.6. The summed E-state index contributed by atoms with van der Waals surface area (Å²) in [6, 6.07) is 9.75. The quantitative estimate of drug-likeness (QED) is 0.768. The molecule has 7 nitrogen and oxygen atoms in total. The highest BCUT2D eigenvalue weighted by Crippen LogP contribution is 2.25. The van der Waals surface area contributed by atoms with Crippen molar-refractivity contribution in [2.45, 2.75) is 26.2 Å². The molecule has 0 saturated carbocycles. The molecule has 1 aliphatic heterocycles. The van der Waals surface area contributed by atoms with E-state index in [0.717, 1.165) is 24.3 Å². The number of hydrogen-bond donors (Lipinski definition) is 1. The van der Waals surface area contributed by atoms with Crippen LogP contribution in [0.4, 0.5) is 0 Å². The maximum atomic E-state index is 9.07. The molecule has 0 bridgehead atoms. The van der Waals surface area contributed by atoms with E-state index in [1.165, 1.54) is 5.56 Å². The lowest BCUT2D eigenvalue weighted by atomic mass is 10.2. The summed E-state index contributed by atoms with van der Waals surface area (Å²) in [5.41, 5.74) is 3.28. The third-order valence-electron chi connectivity index (χ3n) is 3.96. The third-order valence-corrected chi connectivity index (χ3v) is 3.96. The number of rotatable bonds is 5. The van der Waals surface area contributed by atoms with Crippen LogP contribution >= 0.6 is 0 Å². The highest BCUT2D eigenvalue weighted by atomic mass is 16.4. The van der Waals surface area contributed by atoms with E-state index in [-0.39, 0.29) is 6.61 Å². The molecule has 23 heavy (non-hydrogen) atoms. The normalized spacial score (nSPS) is 14.3. The van der Waals surface area contributed by atoms with Crippen LogP contribution in [-0.2, 0) is 26.2 Å². The first-order chi connectivity index (χ1) is 11.3. The SMILES string of the molecule is OCCn1ncc2c1CN(Cc1nnc(-c3ccccc3)o1)C2. The second kappa shape index (κ2) is 5.94. The zero-order valence-corrected chi connectivity index (χ0v) is 12.6. The molecule has 1 aromatic carbocycles. The van der Waals surface area contributed by atoms with E-state index in [4.69, 9.17) is 9.52 Å². The first-order valence-electron chi connectivity index (χ1n) is 7.58. The van der Waals surface area contributed by atoms with Gasteiger partial charge in [0.15, 0.2) is 0 Å². The summed E-state index contributed by atoms with van der Waals surface area (Å²) in [6.45, 7) is 2.82. The van der Waals surface area contributed by atoms with Gasteiger partial charge in [-0.3, -0.25) is 9.58 Å². The third kappa shape index (κ3) is 2.76. The minimum atomic E-state index is 0.0955. The average Bonchev–Trinajstić information content (AvgIpc) is 3.27. The standard InChI is InChI=1S/C16H17N5O2/c22-7-6-21-14-10-20(9-13(14)8-17-21)11-15-18-19-16(23-15)12-4-2-1-3-5-12/h1-5,8,22H,6-7,9-11H2. The van der Waals surface area contributed by atoms with Gasteiger partial charge in [-0.2, -0.15) is 5.10 Å². The van der Waals surface area contributed by atoms with Gasteiger partial charge >= 0.3 is 0 Å². The monoisotopic (exact) mass is 311 g/mol. The molecular formula is C16H17N5O2. The summed E-state index contributed by atoms with van der Waals surface area (Å²) in [4.78, 5) is 2.22. The van der Waals surface area contributed by atoms with Crippen molar-refractivity contribution < 1.29 is 9.52 Å². The summed E-state index contributed by atoms with van der Waals surface area (Å²) in [6.07, 6.45) is 1.87. The molecular weight excluding hydrogens is 294 g/mol. The molecule has 118 valence electrons. The first-order valence-corrected chi connectivity index (χ1v) is 7.58. The number of nitrogens with zero attached hydrogens (tertiary/aromatic N) is 5. The van der Waals surface area contributed by atoms with Crippen molar-refractivity contribution in [3.05, 3.63) is 53.7 Å². The molecule has 0 atom stereocenters. The van der Waals surface area contributed by atoms with Gasteiger partial charge in [0.25, 0.3) is 0 Å². The summed E-state index contributed by atoms with van der Waals surface area (Å²) in [7, 11) is 0. The summed E-state index contributed by atoms with van der Waals surface area (Å²) < 4.78 is 7.62. The number of aromatic nitrogens is 4. The molecule has 0 spiro atoms.